The Morgan fingerprint density at radius 3 is 2.76 bits per heavy atom. The van der Waals surface area contributed by atoms with E-state index < -0.39 is 0 Å². The van der Waals surface area contributed by atoms with E-state index in [9.17, 15) is 4.79 Å². The van der Waals surface area contributed by atoms with Crippen molar-refractivity contribution >= 4 is 17.3 Å². The molecule has 4 nitrogen and oxygen atoms in total. The lowest BCUT2D eigenvalue weighted by molar-refractivity contribution is -0.122. The van der Waals surface area contributed by atoms with E-state index in [4.69, 9.17) is 5.73 Å². The van der Waals surface area contributed by atoms with Gasteiger partial charge in [0.15, 0.2) is 0 Å². The first kappa shape index (κ1) is 15.8. The second kappa shape index (κ2) is 6.48. The highest BCUT2D eigenvalue weighted by Crippen LogP contribution is 2.24. The molecule has 1 aromatic rings. The van der Waals surface area contributed by atoms with Crippen LogP contribution in [0.15, 0.2) is 18.2 Å². The Morgan fingerprint density at radius 1 is 1.38 bits per heavy atom. The summed E-state index contributed by atoms with van der Waals surface area (Å²) in [6.45, 7) is 9.42. The number of nitrogens with two attached hydrogens (primary N) is 1. The maximum Gasteiger partial charge on any atom is 0.241 e. The van der Waals surface area contributed by atoms with E-state index in [0.29, 0.717) is 12.0 Å². The zero-order valence-electron chi connectivity index (χ0n) is 13.5. The molecule has 2 rings (SSSR count). The molecule has 21 heavy (non-hydrogen) atoms. The molecule has 1 aliphatic rings. The van der Waals surface area contributed by atoms with Gasteiger partial charge in [-0.05, 0) is 63.3 Å². The molecule has 0 radical (unpaired) electrons. The van der Waals surface area contributed by atoms with Gasteiger partial charge in [0.1, 0.15) is 0 Å². The molecule has 0 aromatic heterocycles. The second-order valence-corrected chi connectivity index (χ2v) is 6.47. The van der Waals surface area contributed by atoms with Crippen molar-refractivity contribution in [3.63, 3.8) is 0 Å². The highest BCUT2D eigenvalue weighted by Gasteiger charge is 2.30. The first-order chi connectivity index (χ1) is 9.88. The first-order valence-electron chi connectivity index (χ1n) is 7.81. The molecule has 1 fully saturated rings. The molecule has 1 heterocycles. The van der Waals surface area contributed by atoms with Gasteiger partial charge in [-0.25, -0.2) is 0 Å². The van der Waals surface area contributed by atoms with Crippen LogP contribution in [0.2, 0.25) is 0 Å². The Hall–Kier alpha value is -1.55. The van der Waals surface area contributed by atoms with Gasteiger partial charge in [-0.15, -0.1) is 0 Å². The molecule has 3 N–H and O–H groups in total. The van der Waals surface area contributed by atoms with Crippen LogP contribution >= 0.6 is 0 Å². The fourth-order valence-corrected chi connectivity index (χ4v) is 3.08. The van der Waals surface area contributed by atoms with Crippen LogP contribution in [0.25, 0.3) is 0 Å². The van der Waals surface area contributed by atoms with Gasteiger partial charge >= 0.3 is 0 Å². The lowest BCUT2D eigenvalue weighted by Crippen LogP contribution is -2.50. The third-order valence-corrected chi connectivity index (χ3v) is 4.55. The number of piperidine rings is 1. The van der Waals surface area contributed by atoms with Crippen LogP contribution in [-0.4, -0.2) is 29.4 Å². The Labute approximate surface area is 127 Å². The van der Waals surface area contributed by atoms with Gasteiger partial charge < -0.3 is 11.1 Å². The van der Waals surface area contributed by atoms with Gasteiger partial charge in [-0.2, -0.15) is 0 Å². The number of aryl methyl sites for hydroxylation is 1. The first-order valence-corrected chi connectivity index (χ1v) is 7.81. The minimum absolute atomic E-state index is 0.0591. The number of carbonyl (C=O) groups excluding carboxylic acids is 1. The average molecular weight is 289 g/mol. The van der Waals surface area contributed by atoms with Crippen LogP contribution < -0.4 is 11.1 Å². The standard InChI is InChI=1S/C17H27N3O/c1-11-5-6-13(3)20(10-11)14(4)17(21)19-16-8-7-15(18)9-12(16)2/h7-9,11,13-14H,5-6,10,18H2,1-4H3,(H,19,21). The van der Waals surface area contributed by atoms with E-state index in [2.05, 4.69) is 24.1 Å². The van der Waals surface area contributed by atoms with Crippen molar-refractivity contribution in [3.8, 4) is 0 Å². The lowest BCUT2D eigenvalue weighted by atomic mass is 9.93. The third-order valence-electron chi connectivity index (χ3n) is 4.55. The number of nitrogens with zero attached hydrogens (tertiary/aromatic N) is 1. The zero-order chi connectivity index (χ0) is 15.6. The number of likely N-dealkylation sites (tertiary alicyclic amines) is 1. The summed E-state index contributed by atoms with van der Waals surface area (Å²) in [5, 5.41) is 3.03. The fourth-order valence-electron chi connectivity index (χ4n) is 3.08. The number of rotatable bonds is 3. The molecule has 4 heteroatoms. The van der Waals surface area contributed by atoms with Crippen LogP contribution in [-0.2, 0) is 4.79 Å². The van der Waals surface area contributed by atoms with Crippen LogP contribution in [0.5, 0.6) is 0 Å². The van der Waals surface area contributed by atoms with E-state index in [0.717, 1.165) is 23.5 Å². The number of hydrogen-bond donors (Lipinski definition) is 2. The van der Waals surface area contributed by atoms with E-state index in [-0.39, 0.29) is 11.9 Å². The number of carbonyl (C=O) groups is 1. The third kappa shape index (κ3) is 3.76. The normalized spacial score (nSPS) is 24.6. The minimum atomic E-state index is -0.111. The van der Waals surface area contributed by atoms with E-state index in [1.807, 2.05) is 32.0 Å². The van der Waals surface area contributed by atoms with Crippen LogP contribution in [0.3, 0.4) is 0 Å². The number of benzene rings is 1. The van der Waals surface area contributed by atoms with Crippen LogP contribution in [0.4, 0.5) is 11.4 Å². The van der Waals surface area contributed by atoms with E-state index in [1.54, 1.807) is 0 Å². The number of anilines is 2. The molecule has 3 unspecified atom stereocenters. The summed E-state index contributed by atoms with van der Waals surface area (Å²) >= 11 is 0. The summed E-state index contributed by atoms with van der Waals surface area (Å²) in [7, 11) is 0. The van der Waals surface area contributed by atoms with Crippen LogP contribution in [0.1, 0.15) is 39.2 Å². The van der Waals surface area contributed by atoms with Crippen molar-refractivity contribution in [2.45, 2.75) is 52.6 Å². The van der Waals surface area contributed by atoms with Crippen molar-refractivity contribution in [3.05, 3.63) is 23.8 Å². The molecular formula is C17H27N3O. The van der Waals surface area contributed by atoms with Gasteiger partial charge in [-0.3, -0.25) is 9.69 Å². The summed E-state index contributed by atoms with van der Waals surface area (Å²) in [4.78, 5) is 14.8. The number of hydrogen-bond acceptors (Lipinski definition) is 3. The van der Waals surface area contributed by atoms with Crippen molar-refractivity contribution < 1.29 is 4.79 Å². The smallest absolute Gasteiger partial charge is 0.241 e. The maximum atomic E-state index is 12.5. The Balaban J connectivity index is 2.05. The molecule has 1 saturated heterocycles. The summed E-state index contributed by atoms with van der Waals surface area (Å²) in [6.07, 6.45) is 2.42. The fraction of sp³-hybridized carbons (Fsp3) is 0.588. The largest absolute Gasteiger partial charge is 0.399 e. The Bertz CT molecular complexity index is 515. The molecule has 0 aliphatic carbocycles. The molecule has 3 atom stereocenters. The Morgan fingerprint density at radius 2 is 2.10 bits per heavy atom. The van der Waals surface area contributed by atoms with Crippen molar-refractivity contribution in [2.75, 3.05) is 17.6 Å². The van der Waals surface area contributed by atoms with Crippen molar-refractivity contribution in [1.82, 2.24) is 4.90 Å². The lowest BCUT2D eigenvalue weighted by Gasteiger charge is -2.40. The number of nitrogens with one attached hydrogen (secondary N) is 1. The zero-order valence-corrected chi connectivity index (χ0v) is 13.5. The van der Waals surface area contributed by atoms with Crippen LogP contribution in [0, 0.1) is 12.8 Å². The van der Waals surface area contributed by atoms with Gasteiger partial charge in [0.25, 0.3) is 0 Å². The SMILES string of the molecule is Cc1cc(N)ccc1NC(=O)C(C)N1CC(C)CCC1C. The van der Waals surface area contributed by atoms with E-state index in [1.165, 1.54) is 12.8 Å². The van der Waals surface area contributed by atoms with Gasteiger partial charge in [0.2, 0.25) is 5.91 Å². The molecule has 0 saturated carbocycles. The predicted octanol–water partition coefficient (Wildman–Crippen LogP) is 3.02. The predicted molar refractivity (Wildman–Crippen MR) is 88.2 cm³/mol. The quantitative estimate of drug-likeness (QED) is 0.841. The molecule has 116 valence electrons. The monoisotopic (exact) mass is 289 g/mol. The summed E-state index contributed by atoms with van der Waals surface area (Å²) in [5.41, 5.74) is 8.31. The van der Waals surface area contributed by atoms with Gasteiger partial charge in [-0.1, -0.05) is 6.92 Å². The van der Waals surface area contributed by atoms with E-state index >= 15 is 0 Å². The molecule has 0 spiro atoms. The number of nitrogen functional groups attached to an aromatic ring is 1. The molecule has 0 bridgehead atoms. The summed E-state index contributed by atoms with van der Waals surface area (Å²) in [5.74, 6) is 0.721. The molecule has 1 aliphatic heterocycles. The average Bonchev–Trinajstić information content (AvgIpc) is 2.43. The Kier molecular flexibility index (Phi) is 4.88. The summed E-state index contributed by atoms with van der Waals surface area (Å²) in [6, 6.07) is 5.93. The number of amides is 1. The highest BCUT2D eigenvalue weighted by molar-refractivity contribution is 5.95. The molecule has 1 aromatic carbocycles. The molecule has 1 amide bonds. The van der Waals surface area contributed by atoms with Crippen molar-refractivity contribution in [2.24, 2.45) is 5.92 Å². The topological polar surface area (TPSA) is 58.4 Å². The summed E-state index contributed by atoms with van der Waals surface area (Å²) < 4.78 is 0. The minimum Gasteiger partial charge on any atom is -0.399 e. The van der Waals surface area contributed by atoms with Gasteiger partial charge in [0, 0.05) is 24.0 Å². The second-order valence-electron chi connectivity index (χ2n) is 6.47. The maximum absolute atomic E-state index is 12.5. The van der Waals surface area contributed by atoms with Gasteiger partial charge in [0.05, 0.1) is 6.04 Å². The highest BCUT2D eigenvalue weighted by atomic mass is 16.2. The van der Waals surface area contributed by atoms with Crippen molar-refractivity contribution in [1.29, 1.82) is 0 Å². The molecular weight excluding hydrogens is 262 g/mol.